The topological polar surface area (TPSA) is 68.4 Å². The lowest BCUT2D eigenvalue weighted by Crippen LogP contribution is -2.26. The summed E-state index contributed by atoms with van der Waals surface area (Å²) in [5.74, 6) is 0.127. The van der Waals surface area contributed by atoms with Gasteiger partial charge in [0.25, 0.3) is 11.5 Å². The molecule has 1 saturated carbocycles. The van der Waals surface area contributed by atoms with Gasteiger partial charge in [0, 0.05) is 18.0 Å². The number of nitrogens with zero attached hydrogens (tertiary/aromatic N) is 3. The fourth-order valence-electron chi connectivity index (χ4n) is 5.45. The molecule has 0 spiro atoms. The van der Waals surface area contributed by atoms with Crippen LogP contribution in [0.1, 0.15) is 65.3 Å². The quantitative estimate of drug-likeness (QED) is 0.510. The third-order valence-corrected chi connectivity index (χ3v) is 7.03. The molecule has 0 bridgehead atoms. The van der Waals surface area contributed by atoms with Gasteiger partial charge in [0.15, 0.2) is 0 Å². The summed E-state index contributed by atoms with van der Waals surface area (Å²) < 4.78 is 3.57. The third-order valence-electron chi connectivity index (χ3n) is 7.03. The predicted molar refractivity (Wildman–Crippen MR) is 127 cm³/mol. The van der Waals surface area contributed by atoms with Crippen molar-refractivity contribution in [1.82, 2.24) is 19.5 Å². The molecular formula is C27H26N4O2. The van der Waals surface area contributed by atoms with Crippen molar-refractivity contribution in [2.45, 2.75) is 51.1 Å². The van der Waals surface area contributed by atoms with Crippen molar-refractivity contribution in [2.24, 2.45) is 0 Å². The lowest BCUT2D eigenvalue weighted by molar-refractivity contribution is 0.0958. The van der Waals surface area contributed by atoms with Crippen molar-refractivity contribution in [3.63, 3.8) is 0 Å². The molecule has 33 heavy (non-hydrogen) atoms. The molecule has 6 heteroatoms. The highest BCUT2D eigenvalue weighted by Crippen LogP contribution is 2.40. The summed E-state index contributed by atoms with van der Waals surface area (Å²) in [5, 5.41) is 7.81. The van der Waals surface area contributed by atoms with Crippen LogP contribution in [0.25, 0.3) is 16.8 Å². The molecule has 1 aliphatic heterocycles. The van der Waals surface area contributed by atoms with E-state index in [0.717, 1.165) is 35.2 Å². The molecule has 0 radical (unpaired) electrons. The second kappa shape index (κ2) is 8.03. The molecule has 6 rings (SSSR count). The van der Waals surface area contributed by atoms with E-state index in [9.17, 15) is 9.59 Å². The van der Waals surface area contributed by atoms with Crippen LogP contribution < -0.4 is 10.9 Å². The van der Waals surface area contributed by atoms with Gasteiger partial charge < -0.3 is 9.88 Å². The van der Waals surface area contributed by atoms with Gasteiger partial charge in [0.2, 0.25) is 0 Å². The Kier molecular flexibility index (Phi) is 4.86. The smallest absolute Gasteiger partial charge is 0.280 e. The fourth-order valence-corrected chi connectivity index (χ4v) is 5.45. The predicted octanol–water partition coefficient (Wildman–Crippen LogP) is 4.50. The number of carbonyl (C=O) groups excluding carboxylic acids is 1. The zero-order chi connectivity index (χ0) is 22.4. The Morgan fingerprint density at radius 3 is 2.33 bits per heavy atom. The van der Waals surface area contributed by atoms with Crippen molar-refractivity contribution in [1.29, 1.82) is 0 Å². The highest BCUT2D eigenvalue weighted by Gasteiger charge is 2.33. The molecule has 1 fully saturated rings. The lowest BCUT2D eigenvalue weighted by atomic mass is 9.84. The van der Waals surface area contributed by atoms with Gasteiger partial charge in [-0.3, -0.25) is 9.59 Å². The average molecular weight is 439 g/mol. The number of hydrogen-bond acceptors (Lipinski definition) is 3. The first-order chi connectivity index (χ1) is 16.2. The van der Waals surface area contributed by atoms with Gasteiger partial charge >= 0.3 is 0 Å². The molecule has 2 aliphatic rings. The van der Waals surface area contributed by atoms with Crippen LogP contribution in [0, 0.1) is 0 Å². The Bertz CT molecular complexity index is 1400. The van der Waals surface area contributed by atoms with Crippen LogP contribution in [0.15, 0.2) is 65.5 Å². The molecule has 3 heterocycles. The van der Waals surface area contributed by atoms with Gasteiger partial charge in [0.05, 0.1) is 17.8 Å². The number of fused-ring (bicyclic) bond motifs is 2. The second-order valence-electron chi connectivity index (χ2n) is 9.08. The molecule has 1 amide bonds. The van der Waals surface area contributed by atoms with E-state index < -0.39 is 0 Å². The van der Waals surface area contributed by atoms with Gasteiger partial charge in [-0.15, -0.1) is 0 Å². The molecule has 2 aromatic carbocycles. The summed E-state index contributed by atoms with van der Waals surface area (Å²) in [7, 11) is 0. The molecule has 0 atom stereocenters. The number of nitrogens with one attached hydrogen (secondary N) is 1. The second-order valence-corrected chi connectivity index (χ2v) is 9.08. The molecule has 4 aromatic rings. The van der Waals surface area contributed by atoms with E-state index in [4.69, 9.17) is 5.10 Å². The third kappa shape index (κ3) is 3.28. The fraction of sp³-hybridized carbons (Fsp3) is 0.296. The summed E-state index contributed by atoms with van der Waals surface area (Å²) in [4.78, 5) is 26.5. The van der Waals surface area contributed by atoms with Crippen LogP contribution in [-0.2, 0) is 13.1 Å². The van der Waals surface area contributed by atoms with E-state index in [0.29, 0.717) is 29.4 Å². The zero-order valence-corrected chi connectivity index (χ0v) is 18.5. The SMILES string of the molecule is O=C1NCc2c1n(Cc1ccccc1)c1c(-c3ccccc3)c(C3CCCCC3)nn1c2=O. The summed E-state index contributed by atoms with van der Waals surface area (Å²) in [6, 6.07) is 20.3. The lowest BCUT2D eigenvalue weighted by Gasteiger charge is -2.21. The Balaban J connectivity index is 1.70. The van der Waals surface area contributed by atoms with Crippen LogP contribution in [0.4, 0.5) is 0 Å². The van der Waals surface area contributed by atoms with E-state index in [2.05, 4.69) is 29.6 Å². The number of rotatable bonds is 4. The maximum Gasteiger partial charge on any atom is 0.280 e. The van der Waals surface area contributed by atoms with Gasteiger partial charge in [-0.05, 0) is 24.0 Å². The van der Waals surface area contributed by atoms with E-state index in [1.807, 2.05) is 41.0 Å². The Morgan fingerprint density at radius 1 is 0.909 bits per heavy atom. The highest BCUT2D eigenvalue weighted by atomic mass is 16.2. The van der Waals surface area contributed by atoms with Gasteiger partial charge in [-0.2, -0.15) is 9.61 Å². The van der Waals surface area contributed by atoms with Crippen molar-refractivity contribution < 1.29 is 4.79 Å². The van der Waals surface area contributed by atoms with E-state index >= 15 is 0 Å². The minimum atomic E-state index is -0.194. The minimum Gasteiger partial charge on any atom is -0.346 e. The zero-order valence-electron chi connectivity index (χ0n) is 18.5. The van der Waals surface area contributed by atoms with Crippen molar-refractivity contribution in [3.8, 4) is 11.1 Å². The maximum atomic E-state index is 13.5. The molecule has 0 unspecified atom stereocenters. The van der Waals surface area contributed by atoms with Crippen molar-refractivity contribution in [3.05, 3.63) is 93.5 Å². The Hall–Kier alpha value is -3.67. The van der Waals surface area contributed by atoms with Crippen LogP contribution in [-0.4, -0.2) is 20.1 Å². The van der Waals surface area contributed by atoms with Crippen LogP contribution in [0.5, 0.6) is 0 Å². The van der Waals surface area contributed by atoms with Gasteiger partial charge in [0.1, 0.15) is 11.3 Å². The standard InChI is InChI=1S/C27H26N4O2/c32-25-24-21(16-28-25)27(33)31-26(30(24)17-18-10-4-1-5-11-18)22(19-12-6-2-7-13-19)23(29-31)20-14-8-3-9-15-20/h1-2,4-7,10-13,20H,3,8-9,14-17H2,(H,28,32). The number of amides is 1. The number of carbonyl (C=O) groups is 1. The minimum absolute atomic E-state index is 0.193. The summed E-state index contributed by atoms with van der Waals surface area (Å²) >= 11 is 0. The first-order valence-corrected chi connectivity index (χ1v) is 11.8. The normalized spacial score (nSPS) is 16.2. The largest absolute Gasteiger partial charge is 0.346 e. The summed E-state index contributed by atoms with van der Waals surface area (Å²) in [6.45, 7) is 0.743. The number of aromatic nitrogens is 3. The molecular weight excluding hydrogens is 412 g/mol. The van der Waals surface area contributed by atoms with Crippen LogP contribution >= 0.6 is 0 Å². The van der Waals surface area contributed by atoms with Gasteiger partial charge in [-0.1, -0.05) is 79.9 Å². The Labute approximate surface area is 191 Å². The number of hydrogen-bond donors (Lipinski definition) is 1. The van der Waals surface area contributed by atoms with E-state index in [1.54, 1.807) is 4.52 Å². The maximum absolute atomic E-state index is 13.5. The van der Waals surface area contributed by atoms with E-state index in [1.165, 1.54) is 19.3 Å². The van der Waals surface area contributed by atoms with Gasteiger partial charge in [-0.25, -0.2) is 0 Å². The molecule has 0 saturated heterocycles. The first kappa shape index (κ1) is 20.0. The highest BCUT2D eigenvalue weighted by molar-refractivity contribution is 5.98. The molecule has 166 valence electrons. The van der Waals surface area contributed by atoms with Crippen LogP contribution in [0.2, 0.25) is 0 Å². The molecule has 1 aliphatic carbocycles. The summed E-state index contributed by atoms with van der Waals surface area (Å²) in [6.07, 6.45) is 5.77. The van der Waals surface area contributed by atoms with Crippen molar-refractivity contribution in [2.75, 3.05) is 0 Å². The molecule has 2 aromatic heterocycles. The molecule has 6 nitrogen and oxygen atoms in total. The monoisotopic (exact) mass is 438 g/mol. The van der Waals surface area contributed by atoms with E-state index in [-0.39, 0.29) is 18.0 Å². The summed E-state index contributed by atoms with van der Waals surface area (Å²) in [5.41, 5.74) is 5.57. The van der Waals surface area contributed by atoms with Crippen LogP contribution in [0.3, 0.4) is 0 Å². The number of benzene rings is 2. The first-order valence-electron chi connectivity index (χ1n) is 11.8. The Morgan fingerprint density at radius 2 is 1.61 bits per heavy atom. The molecule has 1 N–H and O–H groups in total. The average Bonchev–Trinajstić information content (AvgIpc) is 3.46. The van der Waals surface area contributed by atoms with Crippen molar-refractivity contribution >= 4 is 11.6 Å².